The number of halogens is 1. The van der Waals surface area contributed by atoms with Crippen LogP contribution in [0.2, 0.25) is 0 Å². The molecule has 124 valence electrons. The Morgan fingerprint density at radius 3 is 2.22 bits per heavy atom. The molecule has 23 heavy (non-hydrogen) atoms. The Morgan fingerprint density at radius 1 is 1.04 bits per heavy atom. The van der Waals surface area contributed by atoms with Gasteiger partial charge in [0.25, 0.3) is 0 Å². The van der Waals surface area contributed by atoms with Crippen molar-refractivity contribution in [2.75, 3.05) is 13.2 Å². The van der Waals surface area contributed by atoms with Gasteiger partial charge in [-0.3, -0.25) is 4.79 Å². The average molecular weight is 402 g/mol. The van der Waals surface area contributed by atoms with Crippen LogP contribution in [-0.2, 0) is 14.8 Å². The number of piperidine rings is 1. The van der Waals surface area contributed by atoms with Gasteiger partial charge in [-0.1, -0.05) is 0 Å². The van der Waals surface area contributed by atoms with Gasteiger partial charge in [0, 0.05) is 35.5 Å². The molecule has 0 spiro atoms. The summed E-state index contributed by atoms with van der Waals surface area (Å²) in [5.74, 6) is 1.14. The van der Waals surface area contributed by atoms with Gasteiger partial charge in [-0.05, 0) is 34.8 Å². The summed E-state index contributed by atoms with van der Waals surface area (Å²) in [6, 6.07) is 2.72. The van der Waals surface area contributed by atoms with Crippen molar-refractivity contribution in [2.24, 2.45) is 0 Å². The van der Waals surface area contributed by atoms with Crippen LogP contribution >= 0.6 is 15.9 Å². The molecule has 0 radical (unpaired) electrons. The van der Waals surface area contributed by atoms with E-state index < -0.39 is 10.0 Å². The van der Waals surface area contributed by atoms with Crippen LogP contribution in [0.1, 0.15) is 25.7 Å². The zero-order chi connectivity index (χ0) is 16.2. The monoisotopic (exact) mass is 401 g/mol. The molecule has 3 heterocycles. The quantitative estimate of drug-likeness (QED) is 0.758. The van der Waals surface area contributed by atoms with Gasteiger partial charge in [0.2, 0.25) is 10.0 Å². The molecule has 2 bridgehead atoms. The maximum Gasteiger partial charge on any atom is 0.244 e. The van der Waals surface area contributed by atoms with E-state index >= 15 is 0 Å². The highest BCUT2D eigenvalue weighted by atomic mass is 79.9. The van der Waals surface area contributed by atoms with Crippen molar-refractivity contribution in [1.29, 1.82) is 0 Å². The second-order valence-electron chi connectivity index (χ2n) is 6.09. The van der Waals surface area contributed by atoms with Crippen molar-refractivity contribution >= 4 is 31.7 Å². The number of hydrogen-bond donors (Lipinski definition) is 0. The van der Waals surface area contributed by atoms with Gasteiger partial charge in [0.05, 0.1) is 0 Å². The Kier molecular flexibility index (Phi) is 3.66. The van der Waals surface area contributed by atoms with Gasteiger partial charge in [-0.15, -0.1) is 0 Å². The minimum Gasteiger partial charge on any atom is -0.486 e. The Hall–Kier alpha value is -1.12. The van der Waals surface area contributed by atoms with Gasteiger partial charge in [0.1, 0.15) is 23.9 Å². The fourth-order valence-electron chi connectivity index (χ4n) is 3.68. The first-order valence-corrected chi connectivity index (χ1v) is 9.84. The topological polar surface area (TPSA) is 72.9 Å². The van der Waals surface area contributed by atoms with E-state index in [4.69, 9.17) is 9.47 Å². The lowest BCUT2D eigenvalue weighted by Gasteiger charge is -2.33. The third-order valence-electron chi connectivity index (χ3n) is 4.63. The highest BCUT2D eigenvalue weighted by molar-refractivity contribution is 9.10. The molecular formula is C15H16BrNO5S. The van der Waals surface area contributed by atoms with Crippen molar-refractivity contribution in [3.8, 4) is 11.5 Å². The number of fused-ring (bicyclic) bond motifs is 3. The Bertz CT molecular complexity index is 762. The normalized spacial score (nSPS) is 27.3. The van der Waals surface area contributed by atoms with Gasteiger partial charge in [0.15, 0.2) is 11.5 Å². The minimum absolute atomic E-state index is 0.158. The van der Waals surface area contributed by atoms with E-state index in [-0.39, 0.29) is 22.8 Å². The van der Waals surface area contributed by atoms with Crippen molar-refractivity contribution in [1.82, 2.24) is 4.31 Å². The smallest absolute Gasteiger partial charge is 0.244 e. The van der Waals surface area contributed by atoms with Crippen molar-refractivity contribution in [3.05, 3.63) is 16.6 Å². The van der Waals surface area contributed by atoms with Crippen LogP contribution in [0.3, 0.4) is 0 Å². The Balaban J connectivity index is 1.76. The minimum atomic E-state index is -3.69. The molecule has 0 aromatic heterocycles. The molecule has 2 saturated heterocycles. The second-order valence-corrected chi connectivity index (χ2v) is 8.76. The number of carbonyl (C=O) groups excluding carboxylic acids is 1. The summed E-state index contributed by atoms with van der Waals surface area (Å²) in [7, 11) is -3.69. The molecule has 0 aliphatic carbocycles. The van der Waals surface area contributed by atoms with Crippen molar-refractivity contribution < 1.29 is 22.7 Å². The number of sulfonamides is 1. The molecule has 1 aromatic carbocycles. The SMILES string of the molecule is O=C1CC2CCC(C1)N2S(=O)(=O)c1cc2c(cc1Br)OCCO2. The first-order chi connectivity index (χ1) is 11.0. The van der Waals surface area contributed by atoms with Crippen LogP contribution in [0.15, 0.2) is 21.5 Å². The van der Waals surface area contributed by atoms with Crippen LogP contribution in [0.25, 0.3) is 0 Å². The van der Waals surface area contributed by atoms with Crippen LogP contribution in [0.4, 0.5) is 0 Å². The number of hydrogen-bond acceptors (Lipinski definition) is 5. The van der Waals surface area contributed by atoms with Crippen molar-refractivity contribution in [3.63, 3.8) is 0 Å². The molecule has 3 aliphatic heterocycles. The molecule has 0 amide bonds. The Morgan fingerprint density at radius 2 is 1.61 bits per heavy atom. The number of ether oxygens (including phenoxy) is 2. The van der Waals surface area contributed by atoms with E-state index in [1.807, 2.05) is 0 Å². The number of Topliss-reactive ketones (excluding diaryl/α,β-unsaturated/α-hetero) is 1. The first kappa shape index (κ1) is 15.4. The van der Waals surface area contributed by atoms with Crippen LogP contribution in [0.5, 0.6) is 11.5 Å². The fourth-order valence-corrected chi connectivity index (χ4v) is 6.55. The molecule has 2 unspecified atom stereocenters. The number of ketones is 1. The molecular weight excluding hydrogens is 386 g/mol. The maximum atomic E-state index is 13.1. The molecule has 1 aromatic rings. The Labute approximate surface area is 142 Å². The van der Waals surface area contributed by atoms with Gasteiger partial charge in [-0.25, -0.2) is 8.42 Å². The molecule has 0 N–H and O–H groups in total. The maximum absolute atomic E-state index is 13.1. The van der Waals surface area contributed by atoms with Crippen LogP contribution in [-0.4, -0.2) is 43.8 Å². The zero-order valence-corrected chi connectivity index (χ0v) is 14.7. The third-order valence-corrected chi connectivity index (χ3v) is 7.60. The zero-order valence-electron chi connectivity index (χ0n) is 12.3. The number of nitrogens with zero attached hydrogens (tertiary/aromatic N) is 1. The lowest BCUT2D eigenvalue weighted by molar-refractivity contribution is -0.122. The van der Waals surface area contributed by atoms with Gasteiger partial charge in [-0.2, -0.15) is 4.31 Å². The number of benzene rings is 1. The van der Waals surface area contributed by atoms with E-state index in [1.54, 1.807) is 6.07 Å². The first-order valence-electron chi connectivity index (χ1n) is 7.61. The van der Waals surface area contributed by atoms with E-state index in [0.29, 0.717) is 42.0 Å². The van der Waals surface area contributed by atoms with E-state index in [0.717, 1.165) is 12.8 Å². The molecule has 2 atom stereocenters. The number of rotatable bonds is 2. The third kappa shape index (κ3) is 2.47. The van der Waals surface area contributed by atoms with Crippen LogP contribution in [0, 0.1) is 0 Å². The van der Waals surface area contributed by atoms with Crippen LogP contribution < -0.4 is 9.47 Å². The lowest BCUT2D eigenvalue weighted by Crippen LogP contribution is -2.46. The van der Waals surface area contributed by atoms with Crippen molar-refractivity contribution in [2.45, 2.75) is 42.7 Å². The van der Waals surface area contributed by atoms with Gasteiger partial charge >= 0.3 is 0 Å². The molecule has 4 rings (SSSR count). The summed E-state index contributed by atoms with van der Waals surface area (Å²) < 4.78 is 39.3. The predicted molar refractivity (Wildman–Crippen MR) is 85.2 cm³/mol. The predicted octanol–water partition coefficient (Wildman–Crippen LogP) is 2.10. The highest BCUT2D eigenvalue weighted by Gasteiger charge is 2.47. The summed E-state index contributed by atoms with van der Waals surface area (Å²) in [6.07, 6.45) is 2.13. The molecule has 0 saturated carbocycles. The largest absolute Gasteiger partial charge is 0.486 e. The summed E-state index contributed by atoms with van der Waals surface area (Å²) in [5, 5.41) is 0. The second kappa shape index (κ2) is 5.46. The summed E-state index contributed by atoms with van der Waals surface area (Å²) in [6.45, 7) is 0.849. The summed E-state index contributed by atoms with van der Waals surface area (Å²) in [5.41, 5.74) is 0. The highest BCUT2D eigenvalue weighted by Crippen LogP contribution is 2.43. The molecule has 8 heteroatoms. The standard InChI is InChI=1S/C15H16BrNO5S/c16-12-7-13-14(22-4-3-21-13)8-15(12)23(19,20)17-9-1-2-10(17)6-11(18)5-9/h7-10H,1-6H2. The number of carbonyl (C=O) groups is 1. The summed E-state index contributed by atoms with van der Waals surface area (Å²) in [4.78, 5) is 11.9. The molecule has 3 aliphatic rings. The van der Waals surface area contributed by atoms with E-state index in [9.17, 15) is 13.2 Å². The van der Waals surface area contributed by atoms with E-state index in [2.05, 4.69) is 15.9 Å². The lowest BCUT2D eigenvalue weighted by atomic mass is 10.0. The van der Waals surface area contributed by atoms with Gasteiger partial charge < -0.3 is 9.47 Å². The average Bonchev–Trinajstić information content (AvgIpc) is 2.79. The molecule has 6 nitrogen and oxygen atoms in total. The van der Waals surface area contributed by atoms with E-state index in [1.165, 1.54) is 10.4 Å². The molecule has 2 fully saturated rings. The summed E-state index contributed by atoms with van der Waals surface area (Å²) >= 11 is 3.34. The fraction of sp³-hybridized carbons (Fsp3) is 0.533.